The maximum Gasteiger partial charge on any atom is 0.335 e. The van der Waals surface area contributed by atoms with Gasteiger partial charge in [-0.15, -0.1) is 0 Å². The summed E-state index contributed by atoms with van der Waals surface area (Å²) >= 11 is 0. The molecule has 1 aromatic rings. The molecule has 2 aliphatic rings. The molecule has 3 atom stereocenters. The van der Waals surface area contributed by atoms with Gasteiger partial charge in [-0.2, -0.15) is 0 Å². The van der Waals surface area contributed by atoms with Gasteiger partial charge in [0.25, 0.3) is 0 Å². The van der Waals surface area contributed by atoms with E-state index in [4.69, 9.17) is 5.11 Å². The highest BCUT2D eigenvalue weighted by Gasteiger charge is 2.76. The molecule has 2 fully saturated rings. The Kier molecular flexibility index (Phi) is 2.81. The molecule has 0 radical (unpaired) electrons. The van der Waals surface area contributed by atoms with Crippen LogP contribution in [0, 0.1) is 11.8 Å². The van der Waals surface area contributed by atoms with Gasteiger partial charge in [-0.1, -0.05) is 19.1 Å². The van der Waals surface area contributed by atoms with Gasteiger partial charge in [-0.3, -0.25) is 14.5 Å². The SMILES string of the molecule is CC1(c2ccc(C(=O)O)cc2)[C@@H]2C(=O)N(C(C)(C)C)C(=O)[C@@H]21. The van der Waals surface area contributed by atoms with Gasteiger partial charge >= 0.3 is 5.97 Å². The van der Waals surface area contributed by atoms with Gasteiger partial charge in [-0.05, 0) is 38.5 Å². The van der Waals surface area contributed by atoms with Gasteiger partial charge in [0.1, 0.15) is 0 Å². The molecule has 1 heterocycles. The van der Waals surface area contributed by atoms with Crippen LogP contribution in [0.3, 0.4) is 0 Å². The maximum absolute atomic E-state index is 12.6. The first-order valence-electron chi connectivity index (χ1n) is 7.32. The predicted molar refractivity (Wildman–Crippen MR) is 79.3 cm³/mol. The first-order chi connectivity index (χ1) is 10.1. The number of carbonyl (C=O) groups is 3. The van der Waals surface area contributed by atoms with Crippen LogP contribution in [0.15, 0.2) is 24.3 Å². The molecular weight excluding hydrogens is 282 g/mol. The van der Waals surface area contributed by atoms with E-state index in [1.807, 2.05) is 27.7 Å². The molecule has 1 aromatic carbocycles. The van der Waals surface area contributed by atoms with Crippen molar-refractivity contribution in [1.29, 1.82) is 0 Å². The van der Waals surface area contributed by atoms with Gasteiger partial charge < -0.3 is 5.11 Å². The molecule has 116 valence electrons. The first kappa shape index (κ1) is 14.8. The number of fused-ring (bicyclic) bond motifs is 1. The third kappa shape index (κ3) is 1.74. The van der Waals surface area contributed by atoms with Crippen molar-refractivity contribution in [3.05, 3.63) is 35.4 Å². The molecule has 0 spiro atoms. The Morgan fingerprint density at radius 1 is 1.09 bits per heavy atom. The number of likely N-dealkylation sites (tertiary alicyclic amines) is 1. The highest BCUT2D eigenvalue weighted by Crippen LogP contribution is 2.65. The summed E-state index contributed by atoms with van der Waals surface area (Å²) in [4.78, 5) is 37.4. The van der Waals surface area contributed by atoms with Crippen LogP contribution in [-0.2, 0) is 15.0 Å². The summed E-state index contributed by atoms with van der Waals surface area (Å²) in [7, 11) is 0. The van der Waals surface area contributed by atoms with Crippen molar-refractivity contribution >= 4 is 17.8 Å². The second kappa shape index (κ2) is 4.18. The number of benzene rings is 1. The van der Waals surface area contributed by atoms with E-state index in [1.54, 1.807) is 12.1 Å². The number of carboxylic acids is 1. The lowest BCUT2D eigenvalue weighted by molar-refractivity contribution is -0.147. The maximum atomic E-state index is 12.6. The Morgan fingerprint density at radius 3 is 1.91 bits per heavy atom. The number of aromatic carboxylic acids is 1. The van der Waals surface area contributed by atoms with E-state index in [0.717, 1.165) is 5.56 Å². The zero-order valence-corrected chi connectivity index (χ0v) is 13.1. The van der Waals surface area contributed by atoms with Crippen LogP contribution in [0.1, 0.15) is 43.6 Å². The fourth-order valence-corrected chi connectivity index (χ4v) is 3.69. The van der Waals surface area contributed by atoms with Gasteiger partial charge in [0.2, 0.25) is 11.8 Å². The number of imide groups is 1. The largest absolute Gasteiger partial charge is 0.478 e. The minimum atomic E-state index is -0.987. The zero-order valence-electron chi connectivity index (χ0n) is 13.1. The number of hydrogen-bond donors (Lipinski definition) is 1. The molecule has 3 rings (SSSR count). The Hall–Kier alpha value is -2.17. The molecule has 0 bridgehead atoms. The second-order valence-electron chi connectivity index (χ2n) is 7.30. The predicted octanol–water partition coefficient (Wildman–Crippen LogP) is 2.06. The van der Waals surface area contributed by atoms with Crippen molar-refractivity contribution in [2.45, 2.75) is 38.6 Å². The molecule has 1 unspecified atom stereocenters. The van der Waals surface area contributed by atoms with Gasteiger partial charge in [-0.25, -0.2) is 4.79 Å². The van der Waals surface area contributed by atoms with Gasteiger partial charge in [0, 0.05) is 11.0 Å². The van der Waals surface area contributed by atoms with Crippen LogP contribution < -0.4 is 0 Å². The van der Waals surface area contributed by atoms with Crippen LogP contribution in [0.4, 0.5) is 0 Å². The monoisotopic (exact) mass is 301 g/mol. The minimum absolute atomic E-state index is 0.118. The van der Waals surface area contributed by atoms with Crippen molar-refractivity contribution in [1.82, 2.24) is 4.90 Å². The molecule has 1 N–H and O–H groups in total. The van der Waals surface area contributed by atoms with Crippen LogP contribution >= 0.6 is 0 Å². The Morgan fingerprint density at radius 2 is 1.55 bits per heavy atom. The fourth-order valence-electron chi connectivity index (χ4n) is 3.69. The van der Waals surface area contributed by atoms with E-state index in [9.17, 15) is 14.4 Å². The van der Waals surface area contributed by atoms with E-state index < -0.39 is 16.9 Å². The molecule has 2 amide bonds. The van der Waals surface area contributed by atoms with Gasteiger partial charge in [0.05, 0.1) is 17.4 Å². The average molecular weight is 301 g/mol. The highest BCUT2D eigenvalue weighted by atomic mass is 16.4. The fraction of sp³-hybridized carbons (Fsp3) is 0.471. The number of rotatable bonds is 2. The minimum Gasteiger partial charge on any atom is -0.478 e. The Balaban J connectivity index is 1.92. The van der Waals surface area contributed by atoms with E-state index in [2.05, 4.69) is 0 Å². The number of amides is 2. The van der Waals surface area contributed by atoms with E-state index in [0.29, 0.717) is 0 Å². The van der Waals surface area contributed by atoms with Crippen molar-refractivity contribution < 1.29 is 19.5 Å². The number of carboxylic acid groups (broad SMARTS) is 1. The van der Waals surface area contributed by atoms with Crippen LogP contribution in [0.2, 0.25) is 0 Å². The molecule has 1 saturated heterocycles. The quantitative estimate of drug-likeness (QED) is 0.848. The second-order valence-corrected chi connectivity index (χ2v) is 7.30. The lowest BCUT2D eigenvalue weighted by Gasteiger charge is -2.33. The van der Waals surface area contributed by atoms with E-state index >= 15 is 0 Å². The smallest absolute Gasteiger partial charge is 0.335 e. The molecule has 5 heteroatoms. The average Bonchev–Trinajstić information content (AvgIpc) is 2.94. The zero-order chi connectivity index (χ0) is 16.4. The molecule has 0 aromatic heterocycles. The molecule has 1 saturated carbocycles. The normalized spacial score (nSPS) is 30.5. The van der Waals surface area contributed by atoms with Gasteiger partial charge in [0.15, 0.2) is 0 Å². The van der Waals surface area contributed by atoms with E-state index in [-0.39, 0.29) is 29.2 Å². The topological polar surface area (TPSA) is 74.7 Å². The third-order valence-electron chi connectivity index (χ3n) is 4.91. The Labute approximate surface area is 128 Å². The van der Waals surface area contributed by atoms with Crippen molar-refractivity contribution in [3.63, 3.8) is 0 Å². The standard InChI is InChI=1S/C17H19NO4/c1-16(2,3)18-13(19)11-12(14(18)20)17(11,4)10-7-5-9(6-8-10)15(21)22/h5-8,11-12H,1-4H3,(H,21,22)/t11-,12+,17?. The van der Waals surface area contributed by atoms with Crippen LogP contribution in [0.5, 0.6) is 0 Å². The summed E-state index contributed by atoms with van der Waals surface area (Å²) in [6.07, 6.45) is 0. The summed E-state index contributed by atoms with van der Waals surface area (Å²) in [5, 5.41) is 8.95. The van der Waals surface area contributed by atoms with Crippen LogP contribution in [-0.4, -0.2) is 33.3 Å². The third-order valence-corrected chi connectivity index (χ3v) is 4.91. The number of hydrogen-bond acceptors (Lipinski definition) is 3. The summed E-state index contributed by atoms with van der Waals surface area (Å²) in [5.74, 6) is -1.87. The lowest BCUT2D eigenvalue weighted by atomic mass is 9.90. The number of carbonyl (C=O) groups excluding carboxylic acids is 2. The highest BCUT2D eigenvalue weighted by molar-refractivity contribution is 6.12. The summed E-state index contributed by atoms with van der Waals surface area (Å²) in [6, 6.07) is 6.47. The summed E-state index contributed by atoms with van der Waals surface area (Å²) in [5.41, 5.74) is 0.0395. The molecule has 22 heavy (non-hydrogen) atoms. The number of piperidine rings is 1. The summed E-state index contributed by atoms with van der Waals surface area (Å²) in [6.45, 7) is 7.47. The molecule has 1 aliphatic carbocycles. The van der Waals surface area contributed by atoms with Crippen molar-refractivity contribution in [2.75, 3.05) is 0 Å². The molecule has 5 nitrogen and oxygen atoms in total. The lowest BCUT2D eigenvalue weighted by Crippen LogP contribution is -2.49. The van der Waals surface area contributed by atoms with E-state index in [1.165, 1.54) is 17.0 Å². The van der Waals surface area contributed by atoms with Crippen molar-refractivity contribution in [3.8, 4) is 0 Å². The Bertz CT molecular complexity index is 662. The first-order valence-corrected chi connectivity index (χ1v) is 7.32. The van der Waals surface area contributed by atoms with Crippen molar-refractivity contribution in [2.24, 2.45) is 11.8 Å². The molecular formula is C17H19NO4. The summed E-state index contributed by atoms with van der Waals surface area (Å²) < 4.78 is 0. The van der Waals surface area contributed by atoms with Crippen LogP contribution in [0.25, 0.3) is 0 Å². The molecule has 1 aliphatic heterocycles. The number of nitrogens with zero attached hydrogens (tertiary/aromatic N) is 1.